The zero-order valence-electron chi connectivity index (χ0n) is 39.2. The second-order valence-corrected chi connectivity index (χ2v) is 19.6. The molecule has 1 saturated carbocycles. The molecule has 8 rings (SSSR count). The lowest BCUT2D eigenvalue weighted by atomic mass is 9.84. The average molecular weight is 905 g/mol. The highest BCUT2D eigenvalue weighted by atomic mass is 32.2. The van der Waals surface area contributed by atoms with Crippen molar-refractivity contribution in [3.8, 4) is 0 Å². The average Bonchev–Trinajstić information content (AvgIpc) is 3.58. The molecule has 1 saturated heterocycles. The molecular weight excluding hydrogens is 841 g/mol. The molecule has 346 valence electrons. The van der Waals surface area contributed by atoms with Gasteiger partial charge in [0.05, 0.1) is 41.9 Å². The predicted octanol–water partition coefficient (Wildman–Crippen LogP) is 7.32. The predicted molar refractivity (Wildman–Crippen MR) is 258 cm³/mol. The molecule has 14 nitrogen and oxygen atoms in total. The first-order chi connectivity index (χ1) is 31.2. The van der Waals surface area contributed by atoms with Gasteiger partial charge in [-0.2, -0.15) is 0 Å². The van der Waals surface area contributed by atoms with Crippen LogP contribution in [0, 0.1) is 17.3 Å². The van der Waals surface area contributed by atoms with Crippen LogP contribution in [0.5, 0.6) is 0 Å². The molecule has 8 atom stereocenters. The number of hydrazine groups is 1. The minimum absolute atomic E-state index is 0.0119. The number of aliphatic imine (C=N–C) groups is 2. The van der Waals surface area contributed by atoms with Gasteiger partial charge in [-0.25, -0.2) is 5.43 Å². The van der Waals surface area contributed by atoms with Crippen LogP contribution in [0.1, 0.15) is 95.8 Å². The number of carbonyl (C=O) groups excluding carboxylic acids is 3. The molecule has 2 N–H and O–H groups in total. The molecule has 65 heavy (non-hydrogen) atoms. The first-order valence-corrected chi connectivity index (χ1v) is 24.0. The Morgan fingerprint density at radius 2 is 2.00 bits per heavy atom. The third-order valence-corrected chi connectivity index (χ3v) is 14.7. The van der Waals surface area contributed by atoms with Crippen molar-refractivity contribution in [2.75, 3.05) is 32.6 Å². The summed E-state index contributed by atoms with van der Waals surface area (Å²) >= 11 is 1.55. The summed E-state index contributed by atoms with van der Waals surface area (Å²) < 4.78 is 22.8. The maximum atomic E-state index is 14.9. The molecule has 6 heterocycles. The minimum Gasteiger partial charge on any atom is -0.464 e. The number of pyridine rings is 1. The van der Waals surface area contributed by atoms with Crippen LogP contribution >= 0.6 is 11.8 Å². The highest BCUT2D eigenvalue weighted by Gasteiger charge is 2.55. The fraction of sp³-hybridized carbons (Fsp3) is 0.520. The van der Waals surface area contributed by atoms with Gasteiger partial charge in [-0.3, -0.25) is 34.4 Å². The van der Waals surface area contributed by atoms with Crippen LogP contribution in [0.15, 0.2) is 71.1 Å². The molecule has 15 heteroatoms. The Hall–Kier alpha value is -5.09. The highest BCUT2D eigenvalue weighted by molar-refractivity contribution is 8.14. The summed E-state index contributed by atoms with van der Waals surface area (Å²) in [6.07, 6.45) is 7.95. The molecule has 1 aliphatic carbocycles. The smallest absolute Gasteiger partial charge is 0.324 e. The number of fused-ring (bicyclic) bond motifs is 6. The van der Waals surface area contributed by atoms with Gasteiger partial charge >= 0.3 is 5.97 Å². The van der Waals surface area contributed by atoms with Gasteiger partial charge in [0, 0.05) is 96.8 Å². The number of allylic oxidation sites excluding steroid dienone is 2. The lowest BCUT2D eigenvalue weighted by Crippen LogP contribution is -2.63. The van der Waals surface area contributed by atoms with Gasteiger partial charge in [0.2, 0.25) is 5.91 Å². The number of carbonyl (C=O) groups is 3. The Balaban J connectivity index is 1.22. The highest BCUT2D eigenvalue weighted by Crippen LogP contribution is 2.53. The number of amides is 2. The molecule has 2 fully saturated rings. The number of nitrogens with one attached hydrogen (secondary N) is 2. The number of cyclic esters (lactones) is 1. The van der Waals surface area contributed by atoms with Gasteiger partial charge in [-0.15, -0.1) is 11.8 Å². The van der Waals surface area contributed by atoms with E-state index in [1.54, 1.807) is 25.1 Å². The number of methoxy groups -OCH3 is 1. The summed E-state index contributed by atoms with van der Waals surface area (Å²) in [5, 5.41) is 7.42. The molecule has 3 aliphatic heterocycles. The zero-order valence-corrected chi connectivity index (χ0v) is 40.0. The molecule has 2 amide bonds. The fourth-order valence-electron chi connectivity index (χ4n) is 10.0. The Bertz CT molecular complexity index is 2590. The number of esters is 1. The lowest BCUT2D eigenvalue weighted by molar-refractivity contribution is -0.156. The molecule has 6 bridgehead atoms. The van der Waals surface area contributed by atoms with E-state index < -0.39 is 41.4 Å². The summed E-state index contributed by atoms with van der Waals surface area (Å²) in [5.74, 6) is -0.926. The number of hydrogen-bond donors (Lipinski definition) is 2. The van der Waals surface area contributed by atoms with Crippen molar-refractivity contribution in [3.63, 3.8) is 0 Å². The van der Waals surface area contributed by atoms with Crippen LogP contribution in [0.25, 0.3) is 27.4 Å². The largest absolute Gasteiger partial charge is 0.464 e. The first-order valence-electron chi connectivity index (χ1n) is 23.0. The quantitative estimate of drug-likeness (QED) is 0.0896. The first kappa shape index (κ1) is 46.4. The number of aromatic nitrogens is 3. The standard InChI is InChI=1S/C50H64N8O6S/c1-11-32(42(51-12-2)29(6)62-10)44-34-24-50(7,8)27-64-49(61)35-16-15-20-58(55-35)48(60)43(54-46(59)41-28(5)40(41)36-23-31-19-21-56(9)39(31)25-52-36)45(63-14-4)47-53-37(26-65-47)30-17-18-38(33(34)22-30)57(44)13-3/h11-12,17-19,21-23,25,28-29,35,37,40-41,43,45,55H,1,13-16,20,24,26-27H2,2-10H3,(H,54,59)/b42-32+,51-12?/t28-,29+,35+,37?,40-,41+,43+,45+/m1/s1. The van der Waals surface area contributed by atoms with Crippen LogP contribution in [0.3, 0.4) is 0 Å². The SMILES string of the molecule is C=C/C(=C(\N=CC)[C@H](C)OC)c1c2c3cc(ccc3n1CC)C1CSC(=N1)[C@@H](OCC)[C@H](NC(=O)[C@H]1[C@H](C)[C@@H]1c1cc3ccn(C)c3cn1)C(=O)N1CCC[C@H](N1)C(=O)OCC(C)(C)C2. The maximum Gasteiger partial charge on any atom is 0.324 e. The Kier molecular flexibility index (Phi) is 13.6. The molecule has 0 radical (unpaired) electrons. The van der Waals surface area contributed by atoms with Gasteiger partial charge in [-0.05, 0) is 88.3 Å². The number of nitrogens with zero attached hydrogens (tertiary/aromatic N) is 6. The van der Waals surface area contributed by atoms with Crippen LogP contribution in [-0.4, -0.2) is 105 Å². The van der Waals surface area contributed by atoms with E-state index in [1.807, 2.05) is 56.9 Å². The second kappa shape index (κ2) is 19.0. The van der Waals surface area contributed by atoms with Gasteiger partial charge < -0.3 is 28.7 Å². The van der Waals surface area contributed by atoms with Crippen molar-refractivity contribution in [2.45, 2.75) is 111 Å². The number of aryl methyl sites for hydroxylation is 2. The number of benzene rings is 1. The number of thioether (sulfide) groups is 1. The van der Waals surface area contributed by atoms with E-state index in [4.69, 9.17) is 29.2 Å². The topological polar surface area (TPSA) is 154 Å². The van der Waals surface area contributed by atoms with Crippen LogP contribution in [0.4, 0.5) is 0 Å². The van der Waals surface area contributed by atoms with Crippen molar-refractivity contribution in [2.24, 2.45) is 34.3 Å². The van der Waals surface area contributed by atoms with E-state index in [-0.39, 0.29) is 43.1 Å². The minimum atomic E-state index is -1.13. The van der Waals surface area contributed by atoms with Crippen molar-refractivity contribution < 1.29 is 28.6 Å². The normalized spacial score (nSPS) is 26.8. The van der Waals surface area contributed by atoms with Gasteiger partial charge in [0.1, 0.15) is 23.2 Å². The fourth-order valence-corrected chi connectivity index (χ4v) is 11.2. The summed E-state index contributed by atoms with van der Waals surface area (Å²) in [6.45, 7) is 19.9. The number of ether oxygens (including phenoxy) is 3. The van der Waals surface area contributed by atoms with Crippen LogP contribution in [0.2, 0.25) is 0 Å². The van der Waals surface area contributed by atoms with Crippen molar-refractivity contribution in [1.29, 1.82) is 0 Å². The van der Waals surface area contributed by atoms with E-state index in [1.165, 1.54) is 5.01 Å². The molecule has 1 aromatic carbocycles. The third kappa shape index (κ3) is 8.96. The van der Waals surface area contributed by atoms with Crippen molar-refractivity contribution >= 4 is 68.2 Å². The van der Waals surface area contributed by atoms with E-state index >= 15 is 0 Å². The zero-order chi connectivity index (χ0) is 46.3. The van der Waals surface area contributed by atoms with E-state index in [0.29, 0.717) is 43.1 Å². The molecule has 3 aromatic heterocycles. The monoisotopic (exact) mass is 904 g/mol. The van der Waals surface area contributed by atoms with Crippen LogP contribution in [-0.2, 0) is 48.6 Å². The number of rotatable bonds is 11. The van der Waals surface area contributed by atoms with Gasteiger partial charge in [-0.1, -0.05) is 39.5 Å². The molecule has 4 aliphatic rings. The Morgan fingerprint density at radius 1 is 1.20 bits per heavy atom. The molecule has 4 aromatic rings. The second-order valence-electron chi connectivity index (χ2n) is 18.5. The Morgan fingerprint density at radius 3 is 2.72 bits per heavy atom. The van der Waals surface area contributed by atoms with Crippen molar-refractivity contribution in [1.82, 2.24) is 29.9 Å². The lowest BCUT2D eigenvalue weighted by Gasteiger charge is -2.37. The van der Waals surface area contributed by atoms with E-state index in [2.05, 4.69) is 73.8 Å². The van der Waals surface area contributed by atoms with Crippen molar-refractivity contribution in [3.05, 3.63) is 83.6 Å². The Labute approximate surface area is 386 Å². The van der Waals surface area contributed by atoms with Crippen LogP contribution < -0.4 is 10.7 Å². The summed E-state index contributed by atoms with van der Waals surface area (Å²) in [5.41, 5.74) is 10.4. The van der Waals surface area contributed by atoms with Gasteiger partial charge in [0.25, 0.3) is 5.91 Å². The summed E-state index contributed by atoms with van der Waals surface area (Å²) in [6, 6.07) is 8.52. The molecular formula is C50H64N8O6S. The maximum absolute atomic E-state index is 14.9. The van der Waals surface area contributed by atoms with E-state index in [9.17, 15) is 14.4 Å². The summed E-state index contributed by atoms with van der Waals surface area (Å²) in [4.78, 5) is 58.3. The third-order valence-electron chi connectivity index (χ3n) is 13.6. The molecule has 1 unspecified atom stereocenters. The summed E-state index contributed by atoms with van der Waals surface area (Å²) in [7, 11) is 3.66. The number of hydrogen-bond acceptors (Lipinski definition) is 11. The van der Waals surface area contributed by atoms with E-state index in [0.717, 1.165) is 55.6 Å². The van der Waals surface area contributed by atoms with Gasteiger partial charge in [0.15, 0.2) is 0 Å². The molecule has 0 spiro atoms.